The van der Waals surface area contributed by atoms with Crippen LogP contribution in [-0.4, -0.2) is 85.7 Å². The molecule has 14 nitrogen and oxygen atoms in total. The molecule has 0 aromatic heterocycles. The molecule has 5 unspecified atom stereocenters. The van der Waals surface area contributed by atoms with Gasteiger partial charge in [0, 0.05) is 44.3 Å². The van der Waals surface area contributed by atoms with Crippen molar-refractivity contribution in [1.29, 1.82) is 0 Å². The van der Waals surface area contributed by atoms with Gasteiger partial charge >= 0.3 is 5.97 Å². The van der Waals surface area contributed by atoms with Crippen LogP contribution in [0.3, 0.4) is 0 Å². The van der Waals surface area contributed by atoms with Gasteiger partial charge in [-0.1, -0.05) is 63.2 Å². The number of hydrogen-bond donors (Lipinski definition) is 7. The second-order valence-corrected chi connectivity index (χ2v) is 13.9. The molecule has 1 saturated heterocycles. The first-order valence-corrected chi connectivity index (χ1v) is 18.6. The van der Waals surface area contributed by atoms with Gasteiger partial charge in [0.2, 0.25) is 23.6 Å². The molecular formula is C39H58N6O8. The fraction of sp³-hybridized carbons (Fsp3) is 0.564. The van der Waals surface area contributed by atoms with Crippen LogP contribution >= 0.6 is 0 Å². The third kappa shape index (κ3) is 16.0. The van der Waals surface area contributed by atoms with Crippen molar-refractivity contribution in [2.75, 3.05) is 32.1 Å². The van der Waals surface area contributed by atoms with Gasteiger partial charge in [-0.15, -0.1) is 0 Å². The lowest BCUT2D eigenvalue weighted by atomic mass is 9.94. The molecule has 0 radical (unpaired) electrons. The number of hydroxylamine groups is 1. The topological polar surface area (TPSA) is 196 Å². The van der Waals surface area contributed by atoms with Gasteiger partial charge in [-0.2, -0.15) is 0 Å². The molecule has 14 heteroatoms. The summed E-state index contributed by atoms with van der Waals surface area (Å²) in [4.78, 5) is 67.0. The number of aliphatic carboxylic acids is 1. The third-order valence-electron chi connectivity index (χ3n) is 9.24. The van der Waals surface area contributed by atoms with Crippen molar-refractivity contribution in [2.45, 2.75) is 103 Å². The SMILES string of the molecule is COC(C1CCCN1)C(C)C(=O)NC(CCCNOCc1ccc(NC(=O)CNC(=O)C(NC(=O)CCCC(=O)O)C(C)C)cc1)Cc1ccccc1. The minimum atomic E-state index is -0.990. The first-order chi connectivity index (χ1) is 25.5. The van der Waals surface area contributed by atoms with E-state index in [1.165, 1.54) is 0 Å². The molecule has 0 spiro atoms. The number of methoxy groups -OCH3 is 1. The predicted octanol–water partition coefficient (Wildman–Crippen LogP) is 3.07. The maximum Gasteiger partial charge on any atom is 0.303 e. The summed E-state index contributed by atoms with van der Waals surface area (Å²) in [5.74, 6) is -2.87. The zero-order chi connectivity index (χ0) is 38.6. The highest BCUT2D eigenvalue weighted by atomic mass is 16.6. The number of rotatable bonds is 24. The molecular weight excluding hydrogens is 680 g/mol. The van der Waals surface area contributed by atoms with E-state index >= 15 is 0 Å². The molecule has 4 amide bonds. The maximum absolute atomic E-state index is 13.3. The second kappa shape index (κ2) is 23.3. The van der Waals surface area contributed by atoms with E-state index in [1.807, 2.05) is 37.3 Å². The lowest BCUT2D eigenvalue weighted by Gasteiger charge is -2.29. The fourth-order valence-electron chi connectivity index (χ4n) is 6.29. The first kappa shape index (κ1) is 43.0. The van der Waals surface area contributed by atoms with Gasteiger partial charge in [0.15, 0.2) is 0 Å². The fourth-order valence-corrected chi connectivity index (χ4v) is 6.29. The summed E-state index contributed by atoms with van der Waals surface area (Å²) in [6.07, 6.45) is 4.20. The third-order valence-corrected chi connectivity index (χ3v) is 9.24. The number of hydrogen-bond acceptors (Lipinski definition) is 9. The Morgan fingerprint density at radius 3 is 2.26 bits per heavy atom. The number of ether oxygens (including phenoxy) is 1. The molecule has 0 saturated carbocycles. The maximum atomic E-state index is 13.3. The zero-order valence-corrected chi connectivity index (χ0v) is 31.5. The average Bonchev–Trinajstić information content (AvgIpc) is 3.66. The lowest BCUT2D eigenvalue weighted by Crippen LogP contribution is -2.51. The Hall–Kier alpha value is -4.37. The molecule has 0 bridgehead atoms. The molecule has 1 aliphatic rings. The summed E-state index contributed by atoms with van der Waals surface area (Å²) in [6, 6.07) is 16.5. The second-order valence-electron chi connectivity index (χ2n) is 13.9. The van der Waals surface area contributed by atoms with Gasteiger partial charge in [-0.3, -0.25) is 28.8 Å². The minimum Gasteiger partial charge on any atom is -0.481 e. The smallest absolute Gasteiger partial charge is 0.303 e. The number of amides is 4. The minimum absolute atomic E-state index is 0.00636. The van der Waals surface area contributed by atoms with Gasteiger partial charge in [-0.05, 0) is 74.2 Å². The average molecular weight is 739 g/mol. The molecule has 0 aliphatic carbocycles. The van der Waals surface area contributed by atoms with E-state index in [9.17, 15) is 24.0 Å². The van der Waals surface area contributed by atoms with Crippen LogP contribution in [0.5, 0.6) is 0 Å². The van der Waals surface area contributed by atoms with Gasteiger partial charge in [0.05, 0.1) is 25.2 Å². The van der Waals surface area contributed by atoms with Crippen LogP contribution < -0.4 is 32.1 Å². The van der Waals surface area contributed by atoms with Gasteiger partial charge in [-0.25, -0.2) is 5.48 Å². The highest BCUT2D eigenvalue weighted by Crippen LogP contribution is 2.20. The summed E-state index contributed by atoms with van der Waals surface area (Å²) in [5.41, 5.74) is 5.60. The molecule has 2 aromatic rings. The summed E-state index contributed by atoms with van der Waals surface area (Å²) in [6.45, 7) is 7.02. The van der Waals surface area contributed by atoms with Crippen LogP contribution in [0, 0.1) is 11.8 Å². The number of anilines is 1. The largest absolute Gasteiger partial charge is 0.481 e. The number of carboxylic acid groups (broad SMARTS) is 1. The van der Waals surface area contributed by atoms with Gasteiger partial charge in [0.1, 0.15) is 6.04 Å². The van der Waals surface area contributed by atoms with E-state index in [1.54, 1.807) is 33.1 Å². The van der Waals surface area contributed by atoms with Crippen molar-refractivity contribution in [2.24, 2.45) is 11.8 Å². The van der Waals surface area contributed by atoms with Gasteiger partial charge in [0.25, 0.3) is 0 Å². The number of nitrogens with one attached hydrogen (secondary N) is 6. The predicted molar refractivity (Wildman–Crippen MR) is 201 cm³/mol. The van der Waals surface area contributed by atoms with Crippen molar-refractivity contribution in [3.63, 3.8) is 0 Å². The molecule has 1 heterocycles. The van der Waals surface area contributed by atoms with E-state index in [0.717, 1.165) is 49.8 Å². The highest BCUT2D eigenvalue weighted by Gasteiger charge is 2.33. The van der Waals surface area contributed by atoms with Crippen molar-refractivity contribution in [3.05, 3.63) is 65.7 Å². The molecule has 1 aliphatic heterocycles. The number of carboxylic acids is 1. The van der Waals surface area contributed by atoms with Gasteiger partial charge < -0.3 is 36.4 Å². The first-order valence-electron chi connectivity index (χ1n) is 18.6. The Morgan fingerprint density at radius 1 is 0.887 bits per heavy atom. The zero-order valence-electron chi connectivity index (χ0n) is 31.5. The number of benzene rings is 2. The van der Waals surface area contributed by atoms with E-state index in [-0.39, 0.29) is 61.7 Å². The quantitative estimate of drug-likeness (QED) is 0.0621. The van der Waals surface area contributed by atoms with Crippen molar-refractivity contribution < 1.29 is 38.7 Å². The van der Waals surface area contributed by atoms with Crippen molar-refractivity contribution in [3.8, 4) is 0 Å². The van der Waals surface area contributed by atoms with E-state index in [4.69, 9.17) is 14.7 Å². The normalized spacial score (nSPS) is 16.3. The number of carbonyl (C=O) groups excluding carboxylic acids is 4. The molecule has 7 N–H and O–H groups in total. The molecule has 53 heavy (non-hydrogen) atoms. The summed E-state index contributed by atoms with van der Waals surface area (Å²) < 4.78 is 5.75. The van der Waals surface area contributed by atoms with Crippen LogP contribution in [0.2, 0.25) is 0 Å². The Bertz CT molecular complexity index is 1440. The van der Waals surface area contributed by atoms with E-state index < -0.39 is 29.7 Å². The monoisotopic (exact) mass is 738 g/mol. The van der Waals surface area contributed by atoms with Crippen LogP contribution in [0.15, 0.2) is 54.6 Å². The molecule has 2 aromatic carbocycles. The molecule has 292 valence electrons. The van der Waals surface area contributed by atoms with E-state index in [0.29, 0.717) is 18.8 Å². The molecule has 5 atom stereocenters. The van der Waals surface area contributed by atoms with Crippen LogP contribution in [0.4, 0.5) is 5.69 Å². The van der Waals surface area contributed by atoms with Crippen LogP contribution in [0.1, 0.15) is 76.8 Å². The van der Waals surface area contributed by atoms with Crippen LogP contribution in [-0.2, 0) is 46.6 Å². The summed E-state index contributed by atoms with van der Waals surface area (Å²) in [7, 11) is 1.67. The Labute approximate surface area is 312 Å². The Balaban J connectivity index is 1.38. The molecule has 3 rings (SSSR count). The molecule has 1 fully saturated rings. The lowest BCUT2D eigenvalue weighted by molar-refractivity contribution is -0.137. The summed E-state index contributed by atoms with van der Waals surface area (Å²) in [5, 5.41) is 23.4. The van der Waals surface area contributed by atoms with Crippen molar-refractivity contribution in [1.82, 2.24) is 26.7 Å². The van der Waals surface area contributed by atoms with Crippen LogP contribution in [0.25, 0.3) is 0 Å². The number of carbonyl (C=O) groups is 5. The highest BCUT2D eigenvalue weighted by molar-refractivity contribution is 5.96. The Kier molecular flexibility index (Phi) is 18.9. The summed E-state index contributed by atoms with van der Waals surface area (Å²) >= 11 is 0. The Morgan fingerprint density at radius 2 is 1.62 bits per heavy atom. The standard InChI is InChI=1S/C39H58N6O8/c1-26(2)36(45-33(46)15-8-16-35(48)49)39(51)41-24-34(47)43-30-19-17-29(18-20-30)25-53-42-22-9-13-31(23-28-11-6-5-7-12-28)44-38(50)27(3)37(52-4)32-14-10-21-40-32/h5-7,11-12,17-20,26-27,31-32,36-37,40,42H,8-10,13-16,21-25H2,1-4H3,(H,41,51)(H,43,47)(H,44,50)(H,45,46)(H,48,49). The van der Waals surface area contributed by atoms with Crippen molar-refractivity contribution >= 4 is 35.3 Å². The van der Waals surface area contributed by atoms with E-state index in [2.05, 4.69) is 44.2 Å².